The quantitative estimate of drug-likeness (QED) is 0.740. The highest BCUT2D eigenvalue weighted by molar-refractivity contribution is 6.04. The van der Waals surface area contributed by atoms with E-state index in [2.05, 4.69) is 20.4 Å². The third-order valence-corrected chi connectivity index (χ3v) is 4.19. The first-order valence-corrected chi connectivity index (χ1v) is 7.50. The molecule has 2 N–H and O–H groups in total. The van der Waals surface area contributed by atoms with E-state index < -0.39 is 5.76 Å². The number of hydrogen-bond donors (Lipinski definition) is 2. The Balaban J connectivity index is 1.59. The number of benzene rings is 1. The van der Waals surface area contributed by atoms with Crippen LogP contribution in [0.5, 0.6) is 0 Å². The van der Waals surface area contributed by atoms with Gasteiger partial charge in [-0.15, -0.1) is 5.10 Å². The van der Waals surface area contributed by atoms with Crippen molar-refractivity contribution in [2.24, 2.45) is 0 Å². The molecule has 0 bridgehead atoms. The lowest BCUT2D eigenvalue weighted by atomic mass is 9.97. The number of nitrogens with one attached hydrogen (secondary N) is 2. The fourth-order valence-corrected chi connectivity index (χ4v) is 3.06. The molecule has 0 radical (unpaired) electrons. The van der Waals surface area contributed by atoms with Gasteiger partial charge in [0.05, 0.1) is 11.4 Å². The first-order valence-electron chi connectivity index (χ1n) is 7.50. The summed E-state index contributed by atoms with van der Waals surface area (Å²) in [7, 11) is 0. The molecule has 0 saturated carbocycles. The van der Waals surface area contributed by atoms with Crippen LogP contribution in [-0.2, 0) is 0 Å². The van der Waals surface area contributed by atoms with Crippen molar-refractivity contribution in [1.29, 1.82) is 0 Å². The number of amides is 1. The Hall–Kier alpha value is -2.90. The van der Waals surface area contributed by atoms with E-state index in [9.17, 15) is 9.59 Å². The second-order valence-corrected chi connectivity index (χ2v) is 5.66. The van der Waals surface area contributed by atoms with Gasteiger partial charge in [-0.1, -0.05) is 18.2 Å². The number of piperidine rings is 1. The fourth-order valence-electron chi connectivity index (χ4n) is 3.06. The highest BCUT2D eigenvalue weighted by atomic mass is 16.4. The van der Waals surface area contributed by atoms with E-state index in [0.29, 0.717) is 24.7 Å². The van der Waals surface area contributed by atoms with Crippen molar-refractivity contribution in [3.8, 4) is 0 Å². The molecule has 0 spiro atoms. The summed E-state index contributed by atoms with van der Waals surface area (Å²) in [5.41, 5.74) is 1.26. The predicted octanol–water partition coefficient (Wildman–Crippen LogP) is 1.26. The maximum absolute atomic E-state index is 12.8. The van der Waals surface area contributed by atoms with Crippen LogP contribution in [0.3, 0.4) is 0 Å². The Morgan fingerprint density at radius 3 is 2.96 bits per heavy atom. The van der Waals surface area contributed by atoms with Crippen molar-refractivity contribution < 1.29 is 9.21 Å². The van der Waals surface area contributed by atoms with E-state index in [0.717, 1.165) is 23.7 Å². The van der Waals surface area contributed by atoms with Crippen molar-refractivity contribution in [2.75, 3.05) is 13.1 Å². The lowest BCUT2D eigenvalue weighted by molar-refractivity contribution is 0.0693. The lowest BCUT2D eigenvalue weighted by Crippen LogP contribution is -2.39. The summed E-state index contributed by atoms with van der Waals surface area (Å²) < 4.78 is 5.03. The van der Waals surface area contributed by atoms with Crippen LogP contribution in [0.2, 0.25) is 0 Å². The summed E-state index contributed by atoms with van der Waals surface area (Å²) in [4.78, 5) is 25.6. The average Bonchev–Trinajstić information content (AvgIpc) is 3.20. The third-order valence-electron chi connectivity index (χ3n) is 4.19. The molecule has 0 aliphatic carbocycles. The summed E-state index contributed by atoms with van der Waals surface area (Å²) in [5, 5.41) is 14.0. The molecule has 1 unspecified atom stereocenters. The number of carbonyl (C=O) groups is 1. The van der Waals surface area contributed by atoms with Crippen molar-refractivity contribution in [3.05, 3.63) is 46.4 Å². The number of hydrogen-bond acceptors (Lipinski definition) is 5. The van der Waals surface area contributed by atoms with Crippen molar-refractivity contribution >= 4 is 16.8 Å². The van der Waals surface area contributed by atoms with Crippen LogP contribution < -0.4 is 5.76 Å². The van der Waals surface area contributed by atoms with E-state index in [1.54, 1.807) is 4.90 Å². The zero-order chi connectivity index (χ0) is 15.8. The van der Waals surface area contributed by atoms with Gasteiger partial charge in [-0.3, -0.25) is 9.89 Å². The molecule has 1 atom stereocenters. The van der Waals surface area contributed by atoms with Crippen LogP contribution in [0.25, 0.3) is 10.9 Å². The SMILES string of the molecule is O=C(c1n[nH]c2ccccc12)N1CCCC(c2n[nH]c(=O)o2)C1. The first-order chi connectivity index (χ1) is 11.2. The molecule has 118 valence electrons. The van der Waals surface area contributed by atoms with Gasteiger partial charge in [0.2, 0.25) is 5.89 Å². The predicted molar refractivity (Wildman–Crippen MR) is 81.1 cm³/mol. The standard InChI is InChI=1S/C15H15N5O3/c21-14(12-10-5-1-2-6-11(10)16-17-12)20-7-3-4-9(8-20)13-18-19-15(22)23-13/h1-2,5-6,9H,3-4,7-8H2,(H,16,17)(H,19,22). The summed E-state index contributed by atoms with van der Waals surface area (Å²) in [6, 6.07) is 7.54. The summed E-state index contributed by atoms with van der Waals surface area (Å²) in [6.07, 6.45) is 1.66. The van der Waals surface area contributed by atoms with Crippen LogP contribution in [0.1, 0.15) is 35.1 Å². The van der Waals surface area contributed by atoms with E-state index >= 15 is 0 Å². The minimum absolute atomic E-state index is 0.0724. The molecular formula is C15H15N5O3. The van der Waals surface area contributed by atoms with E-state index in [1.165, 1.54) is 0 Å². The summed E-state index contributed by atoms with van der Waals surface area (Å²) in [6.45, 7) is 1.12. The summed E-state index contributed by atoms with van der Waals surface area (Å²) >= 11 is 0. The fraction of sp³-hybridized carbons (Fsp3) is 0.333. The second-order valence-electron chi connectivity index (χ2n) is 5.66. The van der Waals surface area contributed by atoms with Crippen molar-refractivity contribution in [1.82, 2.24) is 25.3 Å². The van der Waals surface area contributed by atoms with Gasteiger partial charge in [0, 0.05) is 18.5 Å². The first kappa shape index (κ1) is 13.7. The largest absolute Gasteiger partial charge is 0.434 e. The molecule has 23 heavy (non-hydrogen) atoms. The molecule has 3 heterocycles. The van der Waals surface area contributed by atoms with E-state index in [-0.39, 0.29) is 11.8 Å². The number of carbonyl (C=O) groups excluding carboxylic acids is 1. The van der Waals surface area contributed by atoms with Crippen LogP contribution in [0.15, 0.2) is 33.5 Å². The Morgan fingerprint density at radius 1 is 1.26 bits per heavy atom. The lowest BCUT2D eigenvalue weighted by Gasteiger charge is -2.30. The van der Waals surface area contributed by atoms with Crippen LogP contribution in [-0.4, -0.2) is 44.3 Å². The van der Waals surface area contributed by atoms with E-state index in [1.807, 2.05) is 24.3 Å². The Kier molecular flexibility index (Phi) is 3.22. The van der Waals surface area contributed by atoms with Gasteiger partial charge in [0.1, 0.15) is 0 Å². The molecule has 4 rings (SSSR count). The van der Waals surface area contributed by atoms with Gasteiger partial charge >= 0.3 is 5.76 Å². The van der Waals surface area contributed by atoms with Crippen LogP contribution in [0.4, 0.5) is 0 Å². The number of fused-ring (bicyclic) bond motifs is 1. The van der Waals surface area contributed by atoms with E-state index in [4.69, 9.17) is 4.42 Å². The van der Waals surface area contributed by atoms with Crippen molar-refractivity contribution in [3.63, 3.8) is 0 Å². The molecule has 3 aromatic rings. The molecule has 1 aliphatic rings. The van der Waals surface area contributed by atoms with Gasteiger partial charge in [-0.2, -0.15) is 5.10 Å². The maximum Gasteiger partial charge on any atom is 0.434 e. The number of aromatic amines is 2. The molecule has 1 amide bonds. The minimum Gasteiger partial charge on any atom is -0.392 e. The minimum atomic E-state index is -0.568. The zero-order valence-electron chi connectivity index (χ0n) is 12.3. The highest BCUT2D eigenvalue weighted by Crippen LogP contribution is 2.26. The second kappa shape index (κ2) is 5.38. The number of nitrogens with zero attached hydrogens (tertiary/aromatic N) is 3. The average molecular weight is 313 g/mol. The Bertz CT molecular complexity index is 909. The summed E-state index contributed by atoms with van der Waals surface area (Å²) in [5.74, 6) is -0.400. The molecule has 1 aliphatic heterocycles. The number of para-hydroxylation sites is 1. The molecule has 1 saturated heterocycles. The van der Waals surface area contributed by atoms with Gasteiger partial charge < -0.3 is 9.32 Å². The molecule has 1 aromatic carbocycles. The monoisotopic (exact) mass is 313 g/mol. The number of H-pyrrole nitrogens is 2. The van der Waals surface area contributed by atoms with Crippen molar-refractivity contribution in [2.45, 2.75) is 18.8 Å². The zero-order valence-corrected chi connectivity index (χ0v) is 12.3. The maximum atomic E-state index is 12.8. The van der Waals surface area contributed by atoms with Gasteiger partial charge in [-0.05, 0) is 18.9 Å². The smallest absolute Gasteiger partial charge is 0.392 e. The molecule has 8 nitrogen and oxygen atoms in total. The Labute approximate surface area is 130 Å². The van der Waals surface area contributed by atoms with Crippen LogP contribution in [0, 0.1) is 0 Å². The molecule has 2 aromatic heterocycles. The molecular weight excluding hydrogens is 298 g/mol. The number of aromatic nitrogens is 4. The topological polar surface area (TPSA) is 108 Å². The van der Waals surface area contributed by atoms with Gasteiger partial charge in [0.15, 0.2) is 5.69 Å². The molecule has 8 heteroatoms. The Morgan fingerprint density at radius 2 is 2.13 bits per heavy atom. The third kappa shape index (κ3) is 2.41. The number of likely N-dealkylation sites (tertiary alicyclic amines) is 1. The number of rotatable bonds is 2. The van der Waals surface area contributed by atoms with Crippen LogP contribution >= 0.6 is 0 Å². The normalized spacial score (nSPS) is 18.4. The van der Waals surface area contributed by atoms with Gasteiger partial charge in [-0.25, -0.2) is 9.89 Å². The highest BCUT2D eigenvalue weighted by Gasteiger charge is 2.30. The molecule has 1 fully saturated rings. The van der Waals surface area contributed by atoms with Gasteiger partial charge in [0.25, 0.3) is 5.91 Å².